The molecule has 1 aromatic heterocycles. The van der Waals surface area contributed by atoms with Crippen LogP contribution in [-0.4, -0.2) is 12.5 Å². The first-order valence-corrected chi connectivity index (χ1v) is 10.6. The van der Waals surface area contributed by atoms with Crippen molar-refractivity contribution >= 4 is 11.6 Å². The predicted octanol–water partition coefficient (Wildman–Crippen LogP) is 4.99. The summed E-state index contributed by atoms with van der Waals surface area (Å²) in [7, 11) is 0. The molecule has 29 heavy (non-hydrogen) atoms. The van der Waals surface area contributed by atoms with Gasteiger partial charge in [-0.2, -0.15) is 4.73 Å². The van der Waals surface area contributed by atoms with E-state index in [-0.39, 0.29) is 5.91 Å². The van der Waals surface area contributed by atoms with Gasteiger partial charge in [-0.15, -0.1) is 0 Å². The maximum atomic E-state index is 13.4. The first-order chi connectivity index (χ1) is 13.8. The summed E-state index contributed by atoms with van der Waals surface area (Å²) in [5, 5.41) is 15.7. The molecule has 1 amide bonds. The van der Waals surface area contributed by atoms with Gasteiger partial charge in [-0.1, -0.05) is 52.8 Å². The second-order valence-corrected chi connectivity index (χ2v) is 7.76. The first kappa shape index (κ1) is 22.7. The Balaban J connectivity index is 2.49. The van der Waals surface area contributed by atoms with Gasteiger partial charge in [-0.25, -0.2) is 0 Å². The number of aromatic nitrogens is 1. The second kappa shape index (κ2) is 10.3. The normalized spacial score (nSPS) is 11.0. The molecule has 0 spiro atoms. The number of benzene rings is 1. The number of nitrogens with one attached hydrogen (secondary N) is 1. The standard InChI is InChI=1S/C24H34N2O3/c1-7-18-11-10-12-19(8-2)23(18)25-24(27)22-20(9-3)26(28)17(6)15-21(22)29-14-13-16(4)5/h10-12,15-16H,7-9,13-14H2,1-6H3,(H,25,27). The van der Waals surface area contributed by atoms with Crippen LogP contribution in [-0.2, 0) is 19.3 Å². The fraction of sp³-hybridized carbons (Fsp3) is 0.500. The number of ether oxygens (including phenoxy) is 1. The number of rotatable bonds is 9. The van der Waals surface area contributed by atoms with Crippen molar-refractivity contribution in [3.8, 4) is 5.75 Å². The maximum absolute atomic E-state index is 13.4. The van der Waals surface area contributed by atoms with Crippen molar-refractivity contribution in [2.75, 3.05) is 11.9 Å². The molecule has 0 fully saturated rings. The molecule has 0 saturated heterocycles. The molecule has 0 saturated carbocycles. The van der Waals surface area contributed by atoms with Crippen LogP contribution in [0.4, 0.5) is 5.69 Å². The Labute approximate surface area is 174 Å². The zero-order valence-corrected chi connectivity index (χ0v) is 18.6. The van der Waals surface area contributed by atoms with Crippen molar-refractivity contribution in [1.29, 1.82) is 0 Å². The summed E-state index contributed by atoms with van der Waals surface area (Å²) in [6, 6.07) is 7.74. The Morgan fingerprint density at radius 1 is 1.14 bits per heavy atom. The molecule has 0 aliphatic rings. The number of carbonyl (C=O) groups excluding carboxylic acids is 1. The molecule has 0 unspecified atom stereocenters. The lowest BCUT2D eigenvalue weighted by Crippen LogP contribution is -2.38. The Hall–Kier alpha value is -2.56. The number of carbonyl (C=O) groups is 1. The van der Waals surface area contributed by atoms with E-state index in [9.17, 15) is 10.0 Å². The first-order valence-electron chi connectivity index (χ1n) is 10.6. The van der Waals surface area contributed by atoms with Crippen molar-refractivity contribution in [2.45, 2.75) is 67.2 Å². The van der Waals surface area contributed by atoms with Crippen molar-refractivity contribution in [3.63, 3.8) is 0 Å². The smallest absolute Gasteiger partial charge is 0.265 e. The van der Waals surface area contributed by atoms with Crippen molar-refractivity contribution in [3.05, 3.63) is 57.6 Å². The minimum absolute atomic E-state index is 0.290. The molecule has 0 radical (unpaired) electrons. The van der Waals surface area contributed by atoms with Crippen molar-refractivity contribution < 1.29 is 14.3 Å². The van der Waals surface area contributed by atoms with E-state index in [1.165, 1.54) is 0 Å². The second-order valence-electron chi connectivity index (χ2n) is 7.76. The molecule has 5 heteroatoms. The summed E-state index contributed by atoms with van der Waals surface area (Å²) in [5.74, 6) is 0.689. The van der Waals surface area contributed by atoms with E-state index < -0.39 is 0 Å². The molecule has 1 N–H and O–H groups in total. The van der Waals surface area contributed by atoms with Crippen LogP contribution < -0.4 is 14.8 Å². The van der Waals surface area contributed by atoms with Gasteiger partial charge in [-0.05, 0) is 36.3 Å². The zero-order chi connectivity index (χ0) is 21.6. The summed E-state index contributed by atoms with van der Waals surface area (Å²) in [6.07, 6.45) is 2.96. The average molecular weight is 399 g/mol. The number of para-hydroxylation sites is 1. The van der Waals surface area contributed by atoms with Crippen LogP contribution in [0, 0.1) is 18.0 Å². The van der Waals surface area contributed by atoms with Crippen LogP contribution in [0.25, 0.3) is 0 Å². The molecular formula is C24H34N2O3. The van der Waals surface area contributed by atoms with Crippen LogP contribution >= 0.6 is 0 Å². The Morgan fingerprint density at radius 2 is 1.76 bits per heavy atom. The molecule has 2 aromatic rings. The van der Waals surface area contributed by atoms with Gasteiger partial charge >= 0.3 is 0 Å². The van der Waals surface area contributed by atoms with E-state index in [2.05, 4.69) is 33.0 Å². The molecule has 0 bridgehead atoms. The molecule has 0 aliphatic carbocycles. The quantitative estimate of drug-likeness (QED) is 0.478. The number of amides is 1. The minimum atomic E-state index is -0.290. The monoisotopic (exact) mass is 398 g/mol. The number of hydrogen-bond donors (Lipinski definition) is 1. The number of pyridine rings is 1. The fourth-order valence-corrected chi connectivity index (χ4v) is 3.44. The SMILES string of the molecule is CCc1cccc(CC)c1NC(=O)c1c(OCCC(C)C)cc(C)[n+]([O-])c1CC. The van der Waals surface area contributed by atoms with E-state index in [0.29, 0.717) is 41.6 Å². The third-order valence-corrected chi connectivity index (χ3v) is 5.19. The summed E-state index contributed by atoms with van der Waals surface area (Å²) < 4.78 is 6.83. The van der Waals surface area contributed by atoms with E-state index in [4.69, 9.17) is 4.74 Å². The fourth-order valence-electron chi connectivity index (χ4n) is 3.44. The summed E-state index contributed by atoms with van der Waals surface area (Å²) >= 11 is 0. The lowest BCUT2D eigenvalue weighted by Gasteiger charge is -2.19. The highest BCUT2D eigenvalue weighted by atomic mass is 16.5. The topological polar surface area (TPSA) is 65.3 Å². The maximum Gasteiger partial charge on any atom is 0.265 e. The van der Waals surface area contributed by atoms with E-state index in [1.54, 1.807) is 13.0 Å². The highest BCUT2D eigenvalue weighted by molar-refractivity contribution is 6.07. The molecule has 1 aromatic carbocycles. The van der Waals surface area contributed by atoms with Crippen LogP contribution in [0.1, 0.15) is 73.9 Å². The summed E-state index contributed by atoms with van der Waals surface area (Å²) in [4.78, 5) is 13.4. The summed E-state index contributed by atoms with van der Waals surface area (Å²) in [6.45, 7) is 12.5. The average Bonchev–Trinajstić information content (AvgIpc) is 2.69. The number of anilines is 1. The number of hydrogen-bond acceptors (Lipinski definition) is 3. The molecule has 0 aliphatic heterocycles. The van der Waals surface area contributed by atoms with Crippen LogP contribution in [0.5, 0.6) is 5.75 Å². The van der Waals surface area contributed by atoms with Gasteiger partial charge in [0.15, 0.2) is 5.69 Å². The van der Waals surface area contributed by atoms with Crippen LogP contribution in [0.3, 0.4) is 0 Å². The van der Waals surface area contributed by atoms with Gasteiger partial charge in [0.25, 0.3) is 5.91 Å². The molecule has 5 nitrogen and oxygen atoms in total. The van der Waals surface area contributed by atoms with Gasteiger partial charge in [0.2, 0.25) is 5.69 Å². The van der Waals surface area contributed by atoms with Crippen LogP contribution in [0.15, 0.2) is 24.3 Å². The predicted molar refractivity (Wildman–Crippen MR) is 118 cm³/mol. The van der Waals surface area contributed by atoms with E-state index in [1.807, 2.05) is 25.1 Å². The van der Waals surface area contributed by atoms with E-state index in [0.717, 1.165) is 40.8 Å². The molecule has 158 valence electrons. The van der Waals surface area contributed by atoms with Gasteiger partial charge in [0.05, 0.1) is 6.61 Å². The largest absolute Gasteiger partial charge is 0.618 e. The lowest BCUT2D eigenvalue weighted by atomic mass is 10.0. The van der Waals surface area contributed by atoms with Gasteiger partial charge < -0.3 is 15.3 Å². The zero-order valence-electron chi connectivity index (χ0n) is 18.6. The van der Waals surface area contributed by atoms with E-state index >= 15 is 0 Å². The number of aryl methyl sites for hydroxylation is 3. The third-order valence-electron chi connectivity index (χ3n) is 5.19. The summed E-state index contributed by atoms with van der Waals surface area (Å²) in [5.41, 5.74) is 4.32. The highest BCUT2D eigenvalue weighted by Crippen LogP contribution is 2.27. The van der Waals surface area contributed by atoms with Crippen molar-refractivity contribution in [1.82, 2.24) is 0 Å². The molecule has 2 rings (SSSR count). The molecule has 1 heterocycles. The third kappa shape index (κ3) is 5.28. The van der Waals surface area contributed by atoms with Gasteiger partial charge in [-0.3, -0.25) is 4.79 Å². The number of nitrogens with zero attached hydrogens (tertiary/aromatic N) is 1. The van der Waals surface area contributed by atoms with Gasteiger partial charge in [0.1, 0.15) is 11.3 Å². The van der Waals surface area contributed by atoms with Crippen molar-refractivity contribution in [2.24, 2.45) is 5.92 Å². The Kier molecular flexibility index (Phi) is 8.06. The minimum Gasteiger partial charge on any atom is -0.618 e. The Morgan fingerprint density at radius 3 is 2.28 bits per heavy atom. The lowest BCUT2D eigenvalue weighted by molar-refractivity contribution is -0.620. The molecule has 0 atom stereocenters. The van der Waals surface area contributed by atoms with Gasteiger partial charge in [0, 0.05) is 25.1 Å². The molecular weight excluding hydrogens is 364 g/mol. The highest BCUT2D eigenvalue weighted by Gasteiger charge is 2.27. The van der Waals surface area contributed by atoms with Crippen LogP contribution in [0.2, 0.25) is 0 Å². The Bertz CT molecular complexity index is 837.